The normalized spacial score (nSPS) is 20.9. The maximum absolute atomic E-state index is 9.49. The van der Waals surface area contributed by atoms with Gasteiger partial charge in [0.15, 0.2) is 0 Å². The smallest absolute Gasteiger partial charge is 0.0728 e. The molecule has 0 bridgehead atoms. The van der Waals surface area contributed by atoms with Crippen LogP contribution in [0.3, 0.4) is 0 Å². The van der Waals surface area contributed by atoms with Crippen LogP contribution in [0.1, 0.15) is 57.8 Å². The average molecular weight is 322 g/mol. The Morgan fingerprint density at radius 3 is 2.60 bits per heavy atom. The molecule has 0 aromatic carbocycles. The summed E-state index contributed by atoms with van der Waals surface area (Å²) in [5.41, 5.74) is 0. The van der Waals surface area contributed by atoms with Crippen molar-refractivity contribution in [1.82, 2.24) is 0 Å². The van der Waals surface area contributed by atoms with Crippen LogP contribution in [0.25, 0.3) is 0 Å². The van der Waals surface area contributed by atoms with Gasteiger partial charge in [-0.3, -0.25) is 0 Å². The summed E-state index contributed by atoms with van der Waals surface area (Å²) in [5, 5.41) is 9.49. The predicted molar refractivity (Wildman–Crippen MR) is 74.2 cm³/mol. The minimum Gasteiger partial charge on any atom is -0.389 e. The lowest BCUT2D eigenvalue weighted by atomic mass is 9.85. The quantitative estimate of drug-likeness (QED) is 0.566. The summed E-state index contributed by atoms with van der Waals surface area (Å²) >= 11 is 2.16. The molecule has 0 aliphatic heterocycles. The molecule has 88 valence electrons. The van der Waals surface area contributed by atoms with E-state index in [4.69, 9.17) is 0 Å². The van der Waals surface area contributed by atoms with E-state index in [-0.39, 0.29) is 6.10 Å². The second-order valence-corrected chi connectivity index (χ2v) is 5.39. The predicted octanol–water partition coefficient (Wildman–Crippen LogP) is 4.44. The van der Waals surface area contributed by atoms with E-state index in [1.54, 1.807) is 0 Å². The first kappa shape index (κ1) is 13.5. The van der Waals surface area contributed by atoms with Crippen LogP contribution in [0.5, 0.6) is 0 Å². The standard InChI is InChI=1S/C13H23IO/c14-11-10-13(15)9-5-4-8-12-6-2-1-3-7-12/h10-13,15H,1-9H2. The molecule has 1 aliphatic carbocycles. The number of rotatable bonds is 6. The highest BCUT2D eigenvalue weighted by Gasteiger charge is 2.12. The van der Waals surface area contributed by atoms with Gasteiger partial charge in [-0.15, -0.1) is 0 Å². The van der Waals surface area contributed by atoms with Crippen LogP contribution >= 0.6 is 22.6 Å². The van der Waals surface area contributed by atoms with Crippen molar-refractivity contribution in [3.8, 4) is 0 Å². The second-order valence-electron chi connectivity index (χ2n) is 4.67. The summed E-state index contributed by atoms with van der Waals surface area (Å²) in [6.45, 7) is 0. The highest BCUT2D eigenvalue weighted by atomic mass is 127. The van der Waals surface area contributed by atoms with Gasteiger partial charge in [0.2, 0.25) is 0 Å². The van der Waals surface area contributed by atoms with Crippen molar-refractivity contribution in [2.75, 3.05) is 0 Å². The van der Waals surface area contributed by atoms with E-state index < -0.39 is 0 Å². The van der Waals surface area contributed by atoms with Crippen LogP contribution in [-0.2, 0) is 0 Å². The molecule has 1 saturated carbocycles. The Morgan fingerprint density at radius 1 is 1.20 bits per heavy atom. The Bertz CT molecular complexity index is 173. The first-order chi connectivity index (χ1) is 7.33. The third kappa shape index (κ3) is 6.56. The second kappa shape index (κ2) is 8.57. The molecule has 1 unspecified atom stereocenters. The third-order valence-corrected chi connectivity index (χ3v) is 3.80. The zero-order chi connectivity index (χ0) is 10.9. The number of hydrogen-bond acceptors (Lipinski definition) is 1. The van der Waals surface area contributed by atoms with E-state index in [9.17, 15) is 5.11 Å². The van der Waals surface area contributed by atoms with Gasteiger partial charge in [-0.1, -0.05) is 80.0 Å². The molecule has 1 nitrogen and oxygen atoms in total. The van der Waals surface area contributed by atoms with E-state index in [1.807, 2.05) is 10.2 Å². The first-order valence-electron chi connectivity index (χ1n) is 6.28. The maximum Gasteiger partial charge on any atom is 0.0728 e. The molecule has 0 amide bonds. The van der Waals surface area contributed by atoms with Crippen LogP contribution in [-0.4, -0.2) is 11.2 Å². The summed E-state index contributed by atoms with van der Waals surface area (Å²) in [4.78, 5) is 0. The van der Waals surface area contributed by atoms with Crippen LogP contribution in [0.4, 0.5) is 0 Å². The molecule has 0 aromatic heterocycles. The molecule has 1 N–H and O–H groups in total. The average Bonchev–Trinajstić information content (AvgIpc) is 2.26. The number of halogens is 1. The van der Waals surface area contributed by atoms with Crippen LogP contribution < -0.4 is 0 Å². The molecule has 0 saturated heterocycles. The molecule has 0 heterocycles. The number of unbranched alkanes of at least 4 members (excludes halogenated alkanes) is 1. The zero-order valence-corrected chi connectivity index (χ0v) is 11.7. The highest BCUT2D eigenvalue weighted by molar-refractivity contribution is 14.1. The molecular weight excluding hydrogens is 299 g/mol. The lowest BCUT2D eigenvalue weighted by Crippen LogP contribution is -2.07. The summed E-state index contributed by atoms with van der Waals surface area (Å²) in [6, 6.07) is 0. The Balaban J connectivity index is 1.96. The van der Waals surface area contributed by atoms with Crippen molar-refractivity contribution in [1.29, 1.82) is 0 Å². The van der Waals surface area contributed by atoms with Gasteiger partial charge in [0.1, 0.15) is 0 Å². The molecule has 2 heteroatoms. The van der Waals surface area contributed by atoms with Crippen LogP contribution in [0.15, 0.2) is 10.2 Å². The fraction of sp³-hybridized carbons (Fsp3) is 0.846. The van der Waals surface area contributed by atoms with Gasteiger partial charge in [0, 0.05) is 0 Å². The van der Waals surface area contributed by atoms with Crippen molar-refractivity contribution in [2.24, 2.45) is 5.92 Å². The fourth-order valence-corrected chi connectivity index (χ4v) is 2.92. The minimum atomic E-state index is -0.215. The van der Waals surface area contributed by atoms with E-state index in [2.05, 4.69) is 22.6 Å². The minimum absolute atomic E-state index is 0.215. The lowest BCUT2D eigenvalue weighted by Gasteiger charge is -2.21. The molecule has 0 aromatic rings. The molecule has 15 heavy (non-hydrogen) atoms. The van der Waals surface area contributed by atoms with Crippen molar-refractivity contribution in [3.05, 3.63) is 10.2 Å². The van der Waals surface area contributed by atoms with Gasteiger partial charge in [-0.25, -0.2) is 0 Å². The van der Waals surface area contributed by atoms with Crippen molar-refractivity contribution < 1.29 is 5.11 Å². The van der Waals surface area contributed by atoms with E-state index in [1.165, 1.54) is 51.4 Å². The monoisotopic (exact) mass is 322 g/mol. The van der Waals surface area contributed by atoms with Gasteiger partial charge >= 0.3 is 0 Å². The maximum atomic E-state index is 9.49. The largest absolute Gasteiger partial charge is 0.389 e. The summed E-state index contributed by atoms with van der Waals surface area (Å²) in [6.07, 6.45) is 13.7. The SMILES string of the molecule is OC(C=CI)CCCCC1CCCCC1. The number of hydrogen-bond donors (Lipinski definition) is 1. The molecule has 1 rings (SSSR count). The van der Waals surface area contributed by atoms with Crippen molar-refractivity contribution >= 4 is 22.6 Å². The molecule has 1 fully saturated rings. The first-order valence-corrected chi connectivity index (χ1v) is 7.52. The Labute approximate surface area is 107 Å². The number of aliphatic hydroxyl groups is 1. The summed E-state index contributed by atoms with van der Waals surface area (Å²) in [7, 11) is 0. The zero-order valence-electron chi connectivity index (χ0n) is 9.50. The van der Waals surface area contributed by atoms with Gasteiger partial charge in [0.25, 0.3) is 0 Å². The van der Waals surface area contributed by atoms with E-state index in [0.29, 0.717) is 0 Å². The lowest BCUT2D eigenvalue weighted by molar-refractivity contribution is 0.206. The topological polar surface area (TPSA) is 20.2 Å². The van der Waals surface area contributed by atoms with E-state index in [0.717, 1.165) is 12.3 Å². The molecule has 0 radical (unpaired) electrons. The molecule has 0 spiro atoms. The van der Waals surface area contributed by atoms with Gasteiger partial charge in [0.05, 0.1) is 6.10 Å². The van der Waals surface area contributed by atoms with Gasteiger partial charge < -0.3 is 5.11 Å². The van der Waals surface area contributed by atoms with Crippen molar-refractivity contribution in [3.63, 3.8) is 0 Å². The third-order valence-electron chi connectivity index (χ3n) is 3.38. The highest BCUT2D eigenvalue weighted by Crippen LogP contribution is 2.27. The van der Waals surface area contributed by atoms with Gasteiger partial charge in [-0.2, -0.15) is 0 Å². The van der Waals surface area contributed by atoms with Gasteiger partial charge in [-0.05, 0) is 16.4 Å². The van der Waals surface area contributed by atoms with Crippen LogP contribution in [0.2, 0.25) is 0 Å². The molecular formula is C13H23IO. The van der Waals surface area contributed by atoms with E-state index >= 15 is 0 Å². The summed E-state index contributed by atoms with van der Waals surface area (Å²) < 4.78 is 1.91. The molecule has 1 atom stereocenters. The Hall–Kier alpha value is 0.430. The molecule has 1 aliphatic rings. The number of aliphatic hydroxyl groups excluding tert-OH is 1. The fourth-order valence-electron chi connectivity index (χ4n) is 2.44. The van der Waals surface area contributed by atoms with Crippen LogP contribution in [0, 0.1) is 5.92 Å². The Morgan fingerprint density at radius 2 is 1.93 bits per heavy atom. The summed E-state index contributed by atoms with van der Waals surface area (Å²) in [5.74, 6) is 0.996. The van der Waals surface area contributed by atoms with Crippen molar-refractivity contribution in [2.45, 2.75) is 63.9 Å². The Kier molecular flexibility index (Phi) is 7.71.